The molecule has 0 saturated heterocycles. The van der Waals surface area contributed by atoms with Gasteiger partial charge in [-0.05, 0) is 103 Å². The van der Waals surface area contributed by atoms with E-state index in [0.29, 0.717) is 64.8 Å². The predicted molar refractivity (Wildman–Crippen MR) is 176 cm³/mol. The van der Waals surface area contributed by atoms with Crippen LogP contribution in [0.3, 0.4) is 0 Å². The minimum absolute atomic E-state index is 0.0347. The van der Waals surface area contributed by atoms with Crippen molar-refractivity contribution < 1.29 is 19.2 Å². The van der Waals surface area contributed by atoms with E-state index in [1.54, 1.807) is 0 Å². The molecule has 0 aliphatic heterocycles. The van der Waals surface area contributed by atoms with Gasteiger partial charge in [0, 0.05) is 25.7 Å². The van der Waals surface area contributed by atoms with Crippen LogP contribution in [-0.4, -0.2) is 86.6 Å². The van der Waals surface area contributed by atoms with Gasteiger partial charge in [-0.2, -0.15) is 0 Å². The molecule has 0 heterocycles. The van der Waals surface area contributed by atoms with Crippen molar-refractivity contribution in [3.05, 3.63) is 0 Å². The zero-order valence-corrected chi connectivity index (χ0v) is 27.1. The lowest BCUT2D eigenvalue weighted by Crippen LogP contribution is -2.44. The maximum atomic E-state index is 12.4. The molecule has 0 saturated carbocycles. The number of hydrogen-bond donors (Lipinski definition) is 10. The van der Waals surface area contributed by atoms with Crippen LogP contribution in [0.4, 0.5) is 0 Å². The van der Waals surface area contributed by atoms with E-state index in [1.165, 1.54) is 0 Å². The number of hydrogen-bond acceptors (Lipinski definition) is 10. The zero-order chi connectivity index (χ0) is 33.2. The molecule has 0 rings (SSSR count). The van der Waals surface area contributed by atoms with Gasteiger partial charge in [0.25, 0.3) is 0 Å². The summed E-state index contributed by atoms with van der Waals surface area (Å²) in [4.78, 5) is 48.6. The number of nitrogens with two attached hydrogens (primary N) is 6. The summed E-state index contributed by atoms with van der Waals surface area (Å²) >= 11 is 0. The van der Waals surface area contributed by atoms with Gasteiger partial charge in [-0.1, -0.05) is 12.8 Å². The molecule has 14 heteroatoms. The molecule has 0 spiro atoms. The quantitative estimate of drug-likeness (QED) is 0.0468. The Hall–Kier alpha value is -2.36. The van der Waals surface area contributed by atoms with Crippen molar-refractivity contribution in [2.75, 3.05) is 32.7 Å². The molecule has 0 aromatic heterocycles. The van der Waals surface area contributed by atoms with E-state index in [-0.39, 0.29) is 29.7 Å². The summed E-state index contributed by atoms with van der Waals surface area (Å²) in [6.45, 7) is 4.64. The van der Waals surface area contributed by atoms with Crippen molar-refractivity contribution in [1.29, 1.82) is 0 Å². The number of rotatable bonds is 28. The molecule has 0 aliphatic carbocycles. The molecule has 0 aliphatic rings. The van der Waals surface area contributed by atoms with Crippen LogP contribution in [0.15, 0.2) is 0 Å². The molecule has 0 radical (unpaired) electrons. The highest BCUT2D eigenvalue weighted by Gasteiger charge is 2.17. The molecule has 0 aromatic rings. The van der Waals surface area contributed by atoms with E-state index in [4.69, 9.17) is 34.4 Å². The van der Waals surface area contributed by atoms with Crippen LogP contribution < -0.4 is 55.7 Å². The first kappa shape index (κ1) is 41.6. The van der Waals surface area contributed by atoms with Gasteiger partial charge in [-0.25, -0.2) is 0 Å². The Balaban J connectivity index is 3.86. The smallest absolute Gasteiger partial charge is 0.237 e. The van der Waals surface area contributed by atoms with E-state index in [9.17, 15) is 19.2 Å². The van der Waals surface area contributed by atoms with Gasteiger partial charge in [0.05, 0.1) is 24.2 Å². The molecule has 44 heavy (non-hydrogen) atoms. The standard InChI is InChI=1S/C30H64N10O4/c1-22(40-30(44)26(36)16-6-11-21-39-28(42)24(34)14-3-8-18-32)12-4-9-19-37-29(43)25(35)15-5-10-20-38-27(41)23(33)13-2-7-17-31/h22-26H,2-21,31-36H2,1H3,(H,37,43)(H,38,41)(H,39,42)(H,40,44). The van der Waals surface area contributed by atoms with Crippen LogP contribution in [0.1, 0.15) is 103 Å². The summed E-state index contributed by atoms with van der Waals surface area (Å²) in [5.74, 6) is -0.696. The summed E-state index contributed by atoms with van der Waals surface area (Å²) < 4.78 is 0. The number of nitrogens with one attached hydrogen (secondary N) is 4. The largest absolute Gasteiger partial charge is 0.355 e. The first-order valence-corrected chi connectivity index (χ1v) is 16.6. The zero-order valence-electron chi connectivity index (χ0n) is 27.1. The predicted octanol–water partition coefficient (Wildman–Crippen LogP) is -1.08. The second-order valence-corrected chi connectivity index (χ2v) is 11.8. The average molecular weight is 629 g/mol. The van der Waals surface area contributed by atoms with Gasteiger partial charge < -0.3 is 55.7 Å². The highest BCUT2D eigenvalue weighted by molar-refractivity contribution is 5.82. The monoisotopic (exact) mass is 629 g/mol. The van der Waals surface area contributed by atoms with Crippen molar-refractivity contribution in [3.63, 3.8) is 0 Å². The lowest BCUT2D eigenvalue weighted by atomic mass is 10.1. The molecule has 5 atom stereocenters. The molecular formula is C30H64N10O4. The van der Waals surface area contributed by atoms with Gasteiger partial charge >= 0.3 is 0 Å². The van der Waals surface area contributed by atoms with E-state index in [1.807, 2.05) is 6.92 Å². The minimum atomic E-state index is -0.604. The molecule has 16 N–H and O–H groups in total. The third-order valence-corrected chi connectivity index (χ3v) is 7.52. The Morgan fingerprint density at radius 3 is 1.09 bits per heavy atom. The highest BCUT2D eigenvalue weighted by Crippen LogP contribution is 2.05. The van der Waals surface area contributed by atoms with Crippen molar-refractivity contribution in [2.24, 2.45) is 34.4 Å². The summed E-state index contributed by atoms with van der Waals surface area (Å²) in [5.41, 5.74) is 34.7. The second-order valence-electron chi connectivity index (χ2n) is 11.8. The van der Waals surface area contributed by atoms with Crippen molar-refractivity contribution in [1.82, 2.24) is 21.3 Å². The fourth-order valence-electron chi connectivity index (χ4n) is 4.55. The van der Waals surface area contributed by atoms with Crippen LogP contribution in [0.25, 0.3) is 0 Å². The Morgan fingerprint density at radius 1 is 0.455 bits per heavy atom. The number of unbranched alkanes of at least 4 members (excludes halogenated alkanes) is 5. The molecule has 4 amide bonds. The van der Waals surface area contributed by atoms with Crippen LogP contribution in [0.5, 0.6) is 0 Å². The van der Waals surface area contributed by atoms with Crippen LogP contribution in [-0.2, 0) is 19.2 Å². The molecule has 14 nitrogen and oxygen atoms in total. The number of carbonyl (C=O) groups is 4. The normalized spacial score (nSPS) is 14.6. The van der Waals surface area contributed by atoms with E-state index in [0.717, 1.165) is 64.2 Å². The van der Waals surface area contributed by atoms with Crippen molar-refractivity contribution in [2.45, 2.75) is 133 Å². The molecule has 258 valence electrons. The second kappa shape index (κ2) is 27.0. The minimum Gasteiger partial charge on any atom is -0.355 e. The maximum Gasteiger partial charge on any atom is 0.237 e. The van der Waals surface area contributed by atoms with Crippen molar-refractivity contribution in [3.8, 4) is 0 Å². The molecular weight excluding hydrogens is 564 g/mol. The lowest BCUT2D eigenvalue weighted by molar-refractivity contribution is -0.124. The summed E-state index contributed by atoms with van der Waals surface area (Å²) in [5, 5.41) is 11.5. The summed E-state index contributed by atoms with van der Waals surface area (Å²) in [6.07, 6.45) is 10.9. The van der Waals surface area contributed by atoms with Crippen LogP contribution in [0.2, 0.25) is 0 Å². The highest BCUT2D eigenvalue weighted by atomic mass is 16.2. The Labute approximate surface area is 264 Å². The van der Waals surface area contributed by atoms with Crippen LogP contribution in [0, 0.1) is 0 Å². The SMILES string of the molecule is CC(CCCCNC(=O)C(N)CCCCNC(=O)C(N)CCCCN)NC(=O)C(N)CCCCNC(=O)C(N)CCCCN. The van der Waals surface area contributed by atoms with Gasteiger partial charge in [0.1, 0.15) is 0 Å². The third-order valence-electron chi connectivity index (χ3n) is 7.52. The third kappa shape index (κ3) is 22.2. The van der Waals surface area contributed by atoms with Crippen LogP contribution >= 0.6 is 0 Å². The van der Waals surface area contributed by atoms with E-state index < -0.39 is 24.2 Å². The lowest BCUT2D eigenvalue weighted by Gasteiger charge is -2.18. The fourth-order valence-corrected chi connectivity index (χ4v) is 4.55. The van der Waals surface area contributed by atoms with E-state index in [2.05, 4.69) is 21.3 Å². The topological polar surface area (TPSA) is 273 Å². The Kier molecular flexibility index (Phi) is 25.5. The van der Waals surface area contributed by atoms with Gasteiger partial charge in [0.2, 0.25) is 23.6 Å². The summed E-state index contributed by atoms with van der Waals surface area (Å²) in [7, 11) is 0. The van der Waals surface area contributed by atoms with E-state index >= 15 is 0 Å². The Bertz CT molecular complexity index is 789. The average Bonchev–Trinajstić information content (AvgIpc) is 2.99. The maximum absolute atomic E-state index is 12.4. The molecule has 5 unspecified atom stereocenters. The fraction of sp³-hybridized carbons (Fsp3) is 0.867. The molecule has 0 fully saturated rings. The molecule has 0 aromatic carbocycles. The summed E-state index contributed by atoms with van der Waals surface area (Å²) in [6, 6.07) is -2.27. The number of amides is 4. The van der Waals surface area contributed by atoms with Gasteiger partial charge in [0.15, 0.2) is 0 Å². The molecule has 0 bridgehead atoms. The number of carbonyl (C=O) groups excluding carboxylic acids is 4. The van der Waals surface area contributed by atoms with Gasteiger partial charge in [-0.15, -0.1) is 0 Å². The first-order valence-electron chi connectivity index (χ1n) is 16.6. The first-order chi connectivity index (χ1) is 21.0. The Morgan fingerprint density at radius 2 is 0.750 bits per heavy atom. The van der Waals surface area contributed by atoms with Gasteiger partial charge in [-0.3, -0.25) is 19.2 Å². The van der Waals surface area contributed by atoms with Crippen molar-refractivity contribution >= 4 is 23.6 Å².